The van der Waals surface area contributed by atoms with Crippen LogP contribution in [0.3, 0.4) is 0 Å². The lowest BCUT2D eigenvalue weighted by Crippen LogP contribution is -2.21. The summed E-state index contributed by atoms with van der Waals surface area (Å²) in [4.78, 5) is 10.9. The van der Waals surface area contributed by atoms with Crippen molar-refractivity contribution in [3.63, 3.8) is 0 Å². The van der Waals surface area contributed by atoms with Crippen LogP contribution in [0.25, 0.3) is 5.70 Å². The molecule has 6 nitrogen and oxygen atoms in total. The summed E-state index contributed by atoms with van der Waals surface area (Å²) in [6.45, 7) is 26.5. The smallest absolute Gasteiger partial charge is 0.397 e. The third kappa shape index (κ3) is 11.6. The lowest BCUT2D eigenvalue weighted by molar-refractivity contribution is -0.0584. The molecule has 6 aromatic carbocycles. The molecule has 0 atom stereocenters. The number of anilines is 9. The fraction of sp³-hybridized carbons (Fsp3) is 0.279. The number of rotatable bonds is 11. The van der Waals surface area contributed by atoms with Crippen LogP contribution in [0.15, 0.2) is 170 Å². The molecule has 1 aromatic heterocycles. The highest BCUT2D eigenvalue weighted by Crippen LogP contribution is 2.43. The zero-order valence-electron chi connectivity index (χ0n) is 42.7. The Morgan fingerprint density at radius 3 is 0.857 bits per heavy atom. The van der Waals surface area contributed by atoms with Gasteiger partial charge >= 0.3 is 6.18 Å². The minimum atomic E-state index is -4.86. The molecular formula is C61H67F3N6. The van der Waals surface area contributed by atoms with Crippen molar-refractivity contribution in [3.8, 4) is 0 Å². The molecular weight excluding hydrogens is 874 g/mol. The van der Waals surface area contributed by atoms with Crippen LogP contribution in [-0.2, 0) is 21.7 Å². The van der Waals surface area contributed by atoms with Gasteiger partial charge in [0.05, 0.1) is 11.4 Å². The Morgan fingerprint density at radius 1 is 0.400 bits per heavy atom. The average molecular weight is 941 g/mol. The normalized spacial score (nSPS) is 12.7. The van der Waals surface area contributed by atoms with E-state index in [4.69, 9.17) is 11.1 Å². The van der Waals surface area contributed by atoms with Gasteiger partial charge in [0, 0.05) is 57.4 Å². The molecule has 0 aliphatic carbocycles. The third-order valence-corrected chi connectivity index (χ3v) is 12.6. The van der Waals surface area contributed by atoms with Gasteiger partial charge in [0.15, 0.2) is 0 Å². The fourth-order valence-electron chi connectivity index (χ4n) is 8.31. The van der Waals surface area contributed by atoms with E-state index in [-0.39, 0.29) is 33.1 Å². The largest absolute Gasteiger partial charge is 0.432 e. The van der Waals surface area contributed by atoms with Crippen LogP contribution in [0.1, 0.15) is 111 Å². The van der Waals surface area contributed by atoms with Crippen molar-refractivity contribution in [2.45, 2.75) is 111 Å². The molecule has 362 valence electrons. The number of benzene rings is 6. The molecule has 3 N–H and O–H groups in total. The van der Waals surface area contributed by atoms with E-state index in [1.165, 1.54) is 28.5 Å². The number of halogens is 3. The van der Waals surface area contributed by atoms with Gasteiger partial charge in [-0.05, 0) is 159 Å². The number of pyridine rings is 1. The quantitative estimate of drug-likeness (QED) is 0.126. The first kappa shape index (κ1) is 50.7. The van der Waals surface area contributed by atoms with E-state index in [2.05, 4.69) is 219 Å². The Balaban J connectivity index is 1.35. The summed E-state index contributed by atoms with van der Waals surface area (Å²) in [7, 11) is 0. The van der Waals surface area contributed by atoms with Crippen molar-refractivity contribution in [1.29, 1.82) is 5.41 Å². The lowest BCUT2D eigenvalue weighted by atomic mass is 9.86. The summed E-state index contributed by atoms with van der Waals surface area (Å²) >= 11 is 0. The van der Waals surface area contributed by atoms with Gasteiger partial charge in [-0.15, -0.1) is 0 Å². The molecule has 7 rings (SSSR count). The molecule has 0 radical (unpaired) electrons. The molecule has 0 aliphatic heterocycles. The van der Waals surface area contributed by atoms with E-state index in [1.54, 1.807) is 12.1 Å². The maximum absolute atomic E-state index is 13.5. The van der Waals surface area contributed by atoms with Crippen molar-refractivity contribution in [3.05, 3.63) is 198 Å². The summed E-state index contributed by atoms with van der Waals surface area (Å²) in [6, 6.07) is 54.7. The number of nitrogens with two attached hydrogens (primary N) is 1. The minimum absolute atomic E-state index is 0.0118. The van der Waals surface area contributed by atoms with Crippen LogP contribution < -0.4 is 20.4 Å². The first-order valence-corrected chi connectivity index (χ1v) is 23.8. The summed E-state index contributed by atoms with van der Waals surface area (Å²) in [5.41, 5.74) is 17.5. The molecule has 1 heterocycles. The molecule has 0 unspecified atom stereocenters. The summed E-state index contributed by atoms with van der Waals surface area (Å²) in [6.07, 6.45) is -2.73. The van der Waals surface area contributed by atoms with E-state index in [9.17, 15) is 13.2 Å². The SMILES string of the molecule is CC(C)(C)c1ccc(N(c2ccc(N(c3ccc(N(c4ccc(C(C)(C)C)cc4)c4ccc(C(C)(C)C)cc4)cc3)c3ccnc(/C(N)=C/C(=N)C(F)(F)F)c3)cc2)c2ccc(C(C)(C)C)cc2)cc1. The van der Waals surface area contributed by atoms with Gasteiger partial charge in [-0.25, -0.2) is 0 Å². The third-order valence-electron chi connectivity index (χ3n) is 12.6. The molecule has 0 saturated heterocycles. The maximum atomic E-state index is 13.5. The van der Waals surface area contributed by atoms with Gasteiger partial charge in [0.25, 0.3) is 0 Å². The fourth-order valence-corrected chi connectivity index (χ4v) is 8.31. The first-order chi connectivity index (χ1) is 32.7. The molecule has 9 heteroatoms. The van der Waals surface area contributed by atoms with Gasteiger partial charge in [0.2, 0.25) is 0 Å². The van der Waals surface area contributed by atoms with Crippen LogP contribution >= 0.6 is 0 Å². The van der Waals surface area contributed by atoms with Crippen molar-refractivity contribution in [1.82, 2.24) is 4.98 Å². The number of hydrogen-bond acceptors (Lipinski definition) is 6. The number of nitrogens with zero attached hydrogens (tertiary/aromatic N) is 4. The molecule has 0 aliphatic rings. The molecule has 0 bridgehead atoms. The molecule has 0 spiro atoms. The van der Waals surface area contributed by atoms with E-state index >= 15 is 0 Å². The Bertz CT molecular complexity index is 2650. The zero-order valence-corrected chi connectivity index (χ0v) is 42.7. The van der Waals surface area contributed by atoms with E-state index in [1.807, 2.05) is 29.2 Å². The Labute approximate surface area is 413 Å². The van der Waals surface area contributed by atoms with E-state index in [0.29, 0.717) is 11.8 Å². The van der Waals surface area contributed by atoms with Crippen molar-refractivity contribution in [2.75, 3.05) is 14.7 Å². The lowest BCUT2D eigenvalue weighted by Gasteiger charge is -2.30. The monoisotopic (exact) mass is 941 g/mol. The number of nitrogens with one attached hydrogen (secondary N) is 1. The topological polar surface area (TPSA) is 72.5 Å². The highest BCUT2D eigenvalue weighted by Gasteiger charge is 2.33. The molecule has 0 fully saturated rings. The van der Waals surface area contributed by atoms with Crippen LogP contribution in [-0.4, -0.2) is 16.9 Å². The standard InChI is InChI=1S/C61H67F3N6/c1-57(2,3)41-13-21-45(22-14-41)68(46-23-15-42(16-24-46)58(4,5)6)49-29-33-51(34-30-49)70(53-37-38-67-55(39-53)54(65)40-56(66)61(62,63)64)52-35-31-50(32-36-52)69(47-25-17-43(18-26-47)59(7,8)9)48-27-19-44(20-28-48)60(10,11)12/h13-40,66H,65H2,1-12H3/b54-40-,66-56?. The van der Waals surface area contributed by atoms with Crippen LogP contribution in [0.5, 0.6) is 0 Å². The molecule has 0 saturated carbocycles. The van der Waals surface area contributed by atoms with Gasteiger partial charge in [-0.2, -0.15) is 13.2 Å². The van der Waals surface area contributed by atoms with Crippen LogP contribution in [0.2, 0.25) is 0 Å². The second kappa shape index (κ2) is 19.3. The highest BCUT2D eigenvalue weighted by molar-refractivity contribution is 6.02. The molecule has 70 heavy (non-hydrogen) atoms. The number of hydrogen-bond donors (Lipinski definition) is 2. The predicted octanol–water partition coefficient (Wildman–Crippen LogP) is 17.6. The Hall–Kier alpha value is -7.13. The van der Waals surface area contributed by atoms with Gasteiger partial charge < -0.3 is 20.4 Å². The van der Waals surface area contributed by atoms with Crippen LogP contribution in [0, 0.1) is 5.41 Å². The Morgan fingerprint density at radius 2 is 0.629 bits per heavy atom. The average Bonchev–Trinajstić information content (AvgIpc) is 3.29. The van der Waals surface area contributed by atoms with Gasteiger partial charge in [-0.1, -0.05) is 132 Å². The zero-order chi connectivity index (χ0) is 51.0. The van der Waals surface area contributed by atoms with Crippen molar-refractivity contribution < 1.29 is 13.2 Å². The van der Waals surface area contributed by atoms with Crippen molar-refractivity contribution in [2.24, 2.45) is 5.73 Å². The summed E-state index contributed by atoms with van der Waals surface area (Å²) in [5.74, 6) is 0. The van der Waals surface area contributed by atoms with Gasteiger partial charge in [-0.3, -0.25) is 10.4 Å². The van der Waals surface area contributed by atoms with Crippen LogP contribution in [0.4, 0.5) is 64.4 Å². The summed E-state index contributed by atoms with van der Waals surface area (Å²) in [5, 5.41) is 7.61. The Kier molecular flexibility index (Phi) is 14.0. The number of aromatic nitrogens is 1. The number of allylic oxidation sites excluding steroid dienone is 1. The summed E-state index contributed by atoms with van der Waals surface area (Å²) < 4.78 is 40.5. The first-order valence-electron chi connectivity index (χ1n) is 23.8. The van der Waals surface area contributed by atoms with Gasteiger partial charge in [0.1, 0.15) is 5.71 Å². The molecule has 0 amide bonds. The predicted molar refractivity (Wildman–Crippen MR) is 289 cm³/mol. The van der Waals surface area contributed by atoms with Crippen molar-refractivity contribution >= 4 is 62.6 Å². The van der Waals surface area contributed by atoms with E-state index in [0.717, 1.165) is 45.5 Å². The second-order valence-corrected chi connectivity index (χ2v) is 22.1. The maximum Gasteiger partial charge on any atom is 0.432 e. The number of alkyl halides is 3. The highest BCUT2D eigenvalue weighted by atomic mass is 19.4. The minimum Gasteiger partial charge on any atom is -0.397 e. The molecule has 7 aromatic rings. The second-order valence-electron chi connectivity index (χ2n) is 22.1. The van der Waals surface area contributed by atoms with E-state index < -0.39 is 11.9 Å².